The summed E-state index contributed by atoms with van der Waals surface area (Å²) >= 11 is 0. The first-order valence-electron chi connectivity index (χ1n) is 5.83. The maximum absolute atomic E-state index is 13.0. The zero-order chi connectivity index (χ0) is 14.4. The number of carbonyl (C=O) groups is 1. The van der Waals surface area contributed by atoms with Gasteiger partial charge in [0.2, 0.25) is 0 Å². The molecular formula is C13H14F3NO2. The van der Waals surface area contributed by atoms with Crippen LogP contribution >= 0.6 is 0 Å². The van der Waals surface area contributed by atoms with Crippen molar-refractivity contribution in [1.29, 1.82) is 0 Å². The first kappa shape index (κ1) is 13.7. The van der Waals surface area contributed by atoms with Gasteiger partial charge in [-0.2, -0.15) is 13.2 Å². The van der Waals surface area contributed by atoms with Gasteiger partial charge in [-0.3, -0.25) is 4.79 Å². The van der Waals surface area contributed by atoms with Gasteiger partial charge < -0.3 is 10.4 Å². The molecule has 1 aliphatic rings. The summed E-state index contributed by atoms with van der Waals surface area (Å²) in [5.74, 6) is -1.82. The zero-order valence-corrected chi connectivity index (χ0v) is 10.5. The molecule has 0 saturated heterocycles. The van der Waals surface area contributed by atoms with Crippen molar-refractivity contribution in [3.63, 3.8) is 0 Å². The minimum atomic E-state index is -4.48. The molecule has 19 heavy (non-hydrogen) atoms. The van der Waals surface area contributed by atoms with E-state index in [1.807, 2.05) is 0 Å². The van der Waals surface area contributed by atoms with E-state index < -0.39 is 29.0 Å². The fourth-order valence-corrected chi connectivity index (χ4v) is 2.42. The number of anilines is 1. The second kappa shape index (κ2) is 4.15. The molecule has 0 spiro atoms. The summed E-state index contributed by atoms with van der Waals surface area (Å²) in [7, 11) is 0. The largest absolute Gasteiger partial charge is 0.481 e. The van der Waals surface area contributed by atoms with Crippen LogP contribution in [-0.4, -0.2) is 17.6 Å². The van der Waals surface area contributed by atoms with E-state index in [9.17, 15) is 23.1 Å². The maximum Gasteiger partial charge on any atom is 0.416 e. The van der Waals surface area contributed by atoms with E-state index in [1.54, 1.807) is 6.07 Å². The van der Waals surface area contributed by atoms with Crippen LogP contribution in [0.15, 0.2) is 18.2 Å². The summed E-state index contributed by atoms with van der Waals surface area (Å²) < 4.78 is 39.1. The van der Waals surface area contributed by atoms with Crippen molar-refractivity contribution in [3.05, 3.63) is 29.3 Å². The SMILES string of the molecule is CC(C)(C(=O)O)C1CNc2cccc(C(F)(F)F)c21. The Kier molecular flexibility index (Phi) is 2.99. The van der Waals surface area contributed by atoms with Crippen molar-refractivity contribution in [2.24, 2.45) is 5.41 Å². The Morgan fingerprint density at radius 2 is 2.00 bits per heavy atom. The van der Waals surface area contributed by atoms with Crippen LogP contribution in [-0.2, 0) is 11.0 Å². The molecule has 2 N–H and O–H groups in total. The third-order valence-electron chi connectivity index (χ3n) is 3.68. The number of alkyl halides is 3. The molecule has 1 aromatic carbocycles. The number of halogens is 3. The number of hydrogen-bond donors (Lipinski definition) is 2. The van der Waals surface area contributed by atoms with Crippen LogP contribution in [0.2, 0.25) is 0 Å². The Morgan fingerprint density at radius 3 is 2.53 bits per heavy atom. The number of benzene rings is 1. The number of rotatable bonds is 2. The quantitative estimate of drug-likeness (QED) is 0.869. The third-order valence-corrected chi connectivity index (χ3v) is 3.68. The Labute approximate surface area is 108 Å². The van der Waals surface area contributed by atoms with Crippen LogP contribution in [0, 0.1) is 5.41 Å². The van der Waals surface area contributed by atoms with Crippen molar-refractivity contribution < 1.29 is 23.1 Å². The number of carboxylic acids is 1. The van der Waals surface area contributed by atoms with Gasteiger partial charge in [0.15, 0.2) is 0 Å². The number of hydrogen-bond acceptors (Lipinski definition) is 2. The molecule has 0 aromatic heterocycles. The molecule has 104 valence electrons. The van der Waals surface area contributed by atoms with E-state index >= 15 is 0 Å². The first-order valence-corrected chi connectivity index (χ1v) is 5.83. The van der Waals surface area contributed by atoms with Gasteiger partial charge in [0.25, 0.3) is 0 Å². The molecule has 2 rings (SSSR count). The van der Waals surface area contributed by atoms with Gasteiger partial charge in [-0.05, 0) is 31.5 Å². The van der Waals surface area contributed by atoms with Crippen molar-refractivity contribution in [2.45, 2.75) is 25.9 Å². The normalized spacial score (nSPS) is 18.9. The zero-order valence-electron chi connectivity index (χ0n) is 10.5. The number of carboxylic acid groups (broad SMARTS) is 1. The first-order chi connectivity index (χ1) is 8.65. The second-order valence-corrected chi connectivity index (χ2v) is 5.22. The number of fused-ring (bicyclic) bond motifs is 1. The topological polar surface area (TPSA) is 49.3 Å². The molecule has 0 aliphatic carbocycles. The molecule has 1 heterocycles. The van der Waals surface area contributed by atoms with Crippen LogP contribution in [0.3, 0.4) is 0 Å². The highest BCUT2D eigenvalue weighted by Crippen LogP contribution is 2.48. The van der Waals surface area contributed by atoms with Gasteiger partial charge in [0.05, 0.1) is 11.0 Å². The molecule has 0 amide bonds. The molecule has 1 aromatic rings. The lowest BCUT2D eigenvalue weighted by Crippen LogP contribution is -2.33. The van der Waals surface area contributed by atoms with E-state index in [4.69, 9.17) is 0 Å². The highest BCUT2D eigenvalue weighted by Gasteiger charge is 2.46. The van der Waals surface area contributed by atoms with E-state index in [0.29, 0.717) is 5.69 Å². The standard InChI is InChI=1S/C13H14F3NO2/c1-12(2,11(18)19)8-6-17-9-5-3-4-7(10(8)9)13(14,15)16/h3-5,8,17H,6H2,1-2H3,(H,18,19). The molecule has 6 heteroatoms. The van der Waals surface area contributed by atoms with Crippen LogP contribution in [0.4, 0.5) is 18.9 Å². The lowest BCUT2D eigenvalue weighted by molar-refractivity contribution is -0.149. The monoisotopic (exact) mass is 273 g/mol. The lowest BCUT2D eigenvalue weighted by atomic mass is 9.74. The smallest absolute Gasteiger partial charge is 0.416 e. The number of nitrogens with one attached hydrogen (secondary N) is 1. The third kappa shape index (κ3) is 2.15. The van der Waals surface area contributed by atoms with E-state index in [0.717, 1.165) is 6.07 Å². The van der Waals surface area contributed by atoms with Crippen LogP contribution in [0.1, 0.15) is 30.9 Å². The summed E-state index contributed by atoms with van der Waals surface area (Å²) in [5, 5.41) is 12.1. The van der Waals surface area contributed by atoms with Crippen LogP contribution in [0.25, 0.3) is 0 Å². The van der Waals surface area contributed by atoms with Gasteiger partial charge in [-0.25, -0.2) is 0 Å². The Balaban J connectivity index is 2.58. The Bertz CT molecular complexity index is 523. The molecule has 0 radical (unpaired) electrons. The van der Waals surface area contributed by atoms with Gasteiger partial charge in [-0.15, -0.1) is 0 Å². The summed E-state index contributed by atoms with van der Waals surface area (Å²) in [5.41, 5.74) is -1.59. The lowest BCUT2D eigenvalue weighted by Gasteiger charge is -2.28. The second-order valence-electron chi connectivity index (χ2n) is 5.22. The minimum Gasteiger partial charge on any atom is -0.481 e. The van der Waals surface area contributed by atoms with Crippen molar-refractivity contribution >= 4 is 11.7 Å². The highest BCUT2D eigenvalue weighted by molar-refractivity contribution is 5.77. The molecule has 0 saturated carbocycles. The van der Waals surface area contributed by atoms with Gasteiger partial charge >= 0.3 is 12.1 Å². The van der Waals surface area contributed by atoms with Crippen LogP contribution in [0.5, 0.6) is 0 Å². The van der Waals surface area contributed by atoms with Crippen molar-refractivity contribution in [3.8, 4) is 0 Å². The summed E-state index contributed by atoms with van der Waals surface area (Å²) in [6.07, 6.45) is -4.48. The van der Waals surface area contributed by atoms with Gasteiger partial charge in [0.1, 0.15) is 0 Å². The molecule has 1 atom stereocenters. The molecule has 1 unspecified atom stereocenters. The fraction of sp³-hybridized carbons (Fsp3) is 0.462. The highest BCUT2D eigenvalue weighted by atomic mass is 19.4. The van der Waals surface area contributed by atoms with E-state index in [2.05, 4.69) is 5.32 Å². The van der Waals surface area contributed by atoms with Crippen molar-refractivity contribution in [1.82, 2.24) is 0 Å². The summed E-state index contributed by atoms with van der Waals surface area (Å²) in [6, 6.07) is 3.87. The molecule has 1 aliphatic heterocycles. The average molecular weight is 273 g/mol. The predicted molar refractivity (Wildman–Crippen MR) is 64.1 cm³/mol. The Hall–Kier alpha value is -1.72. The average Bonchev–Trinajstić information content (AvgIpc) is 2.70. The van der Waals surface area contributed by atoms with Crippen LogP contribution < -0.4 is 5.32 Å². The Morgan fingerprint density at radius 1 is 1.37 bits per heavy atom. The predicted octanol–water partition coefficient (Wildman–Crippen LogP) is 3.33. The molecule has 0 bridgehead atoms. The number of aliphatic carboxylic acids is 1. The fourth-order valence-electron chi connectivity index (χ4n) is 2.42. The minimum absolute atomic E-state index is 0.0578. The molecule has 3 nitrogen and oxygen atoms in total. The molecular weight excluding hydrogens is 259 g/mol. The van der Waals surface area contributed by atoms with Crippen molar-refractivity contribution in [2.75, 3.05) is 11.9 Å². The van der Waals surface area contributed by atoms with Gasteiger partial charge in [0, 0.05) is 18.2 Å². The maximum atomic E-state index is 13.0. The molecule has 0 fully saturated rings. The van der Waals surface area contributed by atoms with E-state index in [-0.39, 0.29) is 12.1 Å². The van der Waals surface area contributed by atoms with E-state index in [1.165, 1.54) is 19.9 Å². The summed E-state index contributed by atoms with van der Waals surface area (Å²) in [6.45, 7) is 3.09. The summed E-state index contributed by atoms with van der Waals surface area (Å²) in [4.78, 5) is 11.3. The van der Waals surface area contributed by atoms with Gasteiger partial charge in [-0.1, -0.05) is 6.07 Å².